The normalized spacial score (nSPS) is 20.3. The van der Waals surface area contributed by atoms with Gasteiger partial charge in [0.25, 0.3) is 5.91 Å². The number of Topliss-reactive ketones (excluding diaryl/α,β-unsaturated/α-hetero) is 1. The number of aromatic nitrogens is 1. The molecule has 3 aromatic rings. The Kier molecular flexibility index (Phi) is 6.58. The number of amides is 2. The first-order valence-electron chi connectivity index (χ1n) is 11.0. The summed E-state index contributed by atoms with van der Waals surface area (Å²) in [7, 11) is 0. The van der Waals surface area contributed by atoms with Crippen LogP contribution in [0, 0.1) is 0 Å². The van der Waals surface area contributed by atoms with Gasteiger partial charge in [-0.05, 0) is 41.6 Å². The number of nitrogens with zero attached hydrogens (tertiary/aromatic N) is 2. The molecule has 34 heavy (non-hydrogen) atoms. The van der Waals surface area contributed by atoms with E-state index in [0.717, 1.165) is 20.5 Å². The van der Waals surface area contributed by atoms with E-state index >= 15 is 0 Å². The van der Waals surface area contributed by atoms with E-state index in [4.69, 9.17) is 4.74 Å². The Balaban J connectivity index is 1.39. The van der Waals surface area contributed by atoms with Crippen molar-refractivity contribution in [3.63, 3.8) is 0 Å². The predicted octanol–water partition coefficient (Wildman–Crippen LogP) is 3.48. The van der Waals surface area contributed by atoms with Gasteiger partial charge in [-0.2, -0.15) is 0 Å². The molecule has 1 N–H and O–H groups in total. The molecule has 2 aliphatic rings. The summed E-state index contributed by atoms with van der Waals surface area (Å²) < 4.78 is 6.46. The van der Waals surface area contributed by atoms with Crippen LogP contribution < -0.4 is 5.32 Å². The average Bonchev–Trinajstić information content (AvgIpc) is 3.60. The van der Waals surface area contributed by atoms with Crippen molar-refractivity contribution < 1.29 is 19.1 Å². The second kappa shape index (κ2) is 9.77. The Morgan fingerprint density at radius 1 is 1.24 bits per heavy atom. The highest BCUT2D eigenvalue weighted by molar-refractivity contribution is 9.10. The molecule has 3 atom stereocenters. The highest BCUT2D eigenvalue weighted by Crippen LogP contribution is 2.28. The fraction of sp³-hybridized carbons (Fsp3) is 0.280. The third kappa shape index (κ3) is 4.68. The molecule has 3 unspecified atom stereocenters. The molecule has 2 amide bonds. The minimum Gasteiger partial charge on any atom is -0.368 e. The SMILES string of the molecule is O=C(NC(Cc1ccc(Br)cc1)C(=O)N1CCC2OCC(=O)C21)c1cncc(-c2cccs2)c1. The second-order valence-electron chi connectivity index (χ2n) is 8.38. The van der Waals surface area contributed by atoms with E-state index in [-0.39, 0.29) is 30.3 Å². The van der Waals surface area contributed by atoms with Gasteiger partial charge in [0.05, 0.1) is 11.7 Å². The van der Waals surface area contributed by atoms with Gasteiger partial charge in [-0.1, -0.05) is 34.1 Å². The summed E-state index contributed by atoms with van der Waals surface area (Å²) in [5.41, 5.74) is 2.12. The van der Waals surface area contributed by atoms with Crippen LogP contribution in [-0.2, 0) is 20.7 Å². The van der Waals surface area contributed by atoms with Gasteiger partial charge < -0.3 is 15.0 Å². The van der Waals surface area contributed by atoms with Gasteiger partial charge in [0.2, 0.25) is 5.91 Å². The quantitative estimate of drug-likeness (QED) is 0.518. The van der Waals surface area contributed by atoms with Crippen molar-refractivity contribution in [3.8, 4) is 10.4 Å². The summed E-state index contributed by atoms with van der Waals surface area (Å²) in [6, 6.07) is 11.9. The van der Waals surface area contributed by atoms with Crippen molar-refractivity contribution in [1.82, 2.24) is 15.2 Å². The summed E-state index contributed by atoms with van der Waals surface area (Å²) in [6.07, 6.45) is 3.87. The van der Waals surface area contributed by atoms with Gasteiger partial charge in [-0.25, -0.2) is 0 Å². The van der Waals surface area contributed by atoms with Crippen LogP contribution in [-0.4, -0.2) is 58.8 Å². The highest BCUT2D eigenvalue weighted by Gasteiger charge is 2.48. The zero-order chi connectivity index (χ0) is 23.7. The molecule has 2 aromatic heterocycles. The molecular weight excluding hydrogens is 518 g/mol. The fourth-order valence-corrected chi connectivity index (χ4v) is 5.45. The molecule has 4 heterocycles. The minimum absolute atomic E-state index is 0.0318. The number of ether oxygens (including phenoxy) is 1. The molecule has 1 aromatic carbocycles. The van der Waals surface area contributed by atoms with Crippen LogP contribution in [0.4, 0.5) is 0 Å². The molecule has 0 radical (unpaired) electrons. The summed E-state index contributed by atoms with van der Waals surface area (Å²) in [5.74, 6) is -0.742. The fourth-order valence-electron chi connectivity index (χ4n) is 4.48. The van der Waals surface area contributed by atoms with Crippen LogP contribution in [0.2, 0.25) is 0 Å². The smallest absolute Gasteiger partial charge is 0.253 e. The van der Waals surface area contributed by atoms with E-state index in [2.05, 4.69) is 26.2 Å². The maximum absolute atomic E-state index is 13.6. The van der Waals surface area contributed by atoms with E-state index in [1.165, 1.54) is 6.20 Å². The largest absolute Gasteiger partial charge is 0.368 e. The minimum atomic E-state index is -0.828. The Hall–Kier alpha value is -2.88. The number of fused-ring (bicyclic) bond motifs is 1. The number of carbonyl (C=O) groups excluding carboxylic acids is 3. The van der Waals surface area contributed by atoms with Crippen LogP contribution >= 0.6 is 27.3 Å². The second-order valence-corrected chi connectivity index (χ2v) is 10.2. The first-order valence-corrected chi connectivity index (χ1v) is 12.7. The van der Waals surface area contributed by atoms with Crippen molar-refractivity contribution in [1.29, 1.82) is 0 Å². The first kappa shape index (κ1) is 22.9. The maximum atomic E-state index is 13.6. The number of ketones is 1. The lowest BCUT2D eigenvalue weighted by atomic mass is 10.0. The number of rotatable bonds is 6. The number of halogens is 1. The monoisotopic (exact) mass is 539 g/mol. The molecule has 2 aliphatic heterocycles. The average molecular weight is 540 g/mol. The van der Waals surface area contributed by atoms with Crippen molar-refractivity contribution in [3.05, 3.63) is 75.8 Å². The van der Waals surface area contributed by atoms with Crippen molar-refractivity contribution in [2.75, 3.05) is 13.2 Å². The van der Waals surface area contributed by atoms with Crippen LogP contribution in [0.25, 0.3) is 10.4 Å². The Labute approximate surface area is 209 Å². The number of benzene rings is 1. The number of hydrogen-bond donors (Lipinski definition) is 1. The summed E-state index contributed by atoms with van der Waals surface area (Å²) in [6.45, 7) is 0.464. The van der Waals surface area contributed by atoms with Gasteiger partial charge in [0, 0.05) is 40.3 Å². The lowest BCUT2D eigenvalue weighted by Crippen LogP contribution is -2.53. The molecule has 174 valence electrons. The van der Waals surface area contributed by atoms with Gasteiger partial charge in [0.15, 0.2) is 5.78 Å². The number of pyridine rings is 1. The van der Waals surface area contributed by atoms with E-state index in [1.54, 1.807) is 28.5 Å². The Morgan fingerprint density at radius 3 is 2.82 bits per heavy atom. The number of likely N-dealkylation sites (tertiary alicyclic amines) is 1. The topological polar surface area (TPSA) is 88.6 Å². The third-order valence-electron chi connectivity index (χ3n) is 6.16. The zero-order valence-corrected chi connectivity index (χ0v) is 20.6. The molecule has 0 bridgehead atoms. The molecule has 9 heteroatoms. The Bertz CT molecular complexity index is 1220. The van der Waals surface area contributed by atoms with Crippen LogP contribution in [0.3, 0.4) is 0 Å². The van der Waals surface area contributed by atoms with E-state index in [1.807, 2.05) is 41.8 Å². The van der Waals surface area contributed by atoms with Gasteiger partial charge in [-0.15, -0.1) is 11.3 Å². The molecule has 2 fully saturated rings. The molecule has 2 saturated heterocycles. The van der Waals surface area contributed by atoms with Crippen LogP contribution in [0.1, 0.15) is 22.3 Å². The van der Waals surface area contributed by atoms with Crippen molar-refractivity contribution in [2.45, 2.75) is 31.0 Å². The van der Waals surface area contributed by atoms with Crippen molar-refractivity contribution in [2.24, 2.45) is 0 Å². The summed E-state index contributed by atoms with van der Waals surface area (Å²) >= 11 is 4.99. The summed E-state index contributed by atoms with van der Waals surface area (Å²) in [5, 5.41) is 4.87. The Morgan fingerprint density at radius 2 is 2.06 bits per heavy atom. The van der Waals surface area contributed by atoms with Crippen molar-refractivity contribution >= 4 is 44.9 Å². The third-order valence-corrected chi connectivity index (χ3v) is 7.61. The maximum Gasteiger partial charge on any atom is 0.253 e. The first-order chi connectivity index (χ1) is 16.5. The van der Waals surface area contributed by atoms with Gasteiger partial charge in [-0.3, -0.25) is 19.4 Å². The van der Waals surface area contributed by atoms with E-state index < -0.39 is 12.1 Å². The van der Waals surface area contributed by atoms with E-state index in [0.29, 0.717) is 24.9 Å². The summed E-state index contributed by atoms with van der Waals surface area (Å²) in [4.78, 5) is 46.0. The molecule has 5 rings (SSSR count). The lowest BCUT2D eigenvalue weighted by Gasteiger charge is -2.27. The van der Waals surface area contributed by atoms with Gasteiger partial charge in [0.1, 0.15) is 18.7 Å². The van der Waals surface area contributed by atoms with Gasteiger partial charge >= 0.3 is 0 Å². The molecule has 0 spiro atoms. The van der Waals surface area contributed by atoms with E-state index in [9.17, 15) is 14.4 Å². The number of thiophene rings is 1. The predicted molar refractivity (Wildman–Crippen MR) is 132 cm³/mol. The number of nitrogens with one attached hydrogen (secondary N) is 1. The lowest BCUT2D eigenvalue weighted by molar-refractivity contribution is -0.138. The van der Waals surface area contributed by atoms with Crippen LogP contribution in [0.15, 0.2) is 64.7 Å². The highest BCUT2D eigenvalue weighted by atomic mass is 79.9. The zero-order valence-electron chi connectivity index (χ0n) is 18.1. The molecule has 7 nitrogen and oxygen atoms in total. The van der Waals surface area contributed by atoms with Crippen LogP contribution in [0.5, 0.6) is 0 Å². The molecule has 0 saturated carbocycles. The molecule has 0 aliphatic carbocycles. The number of hydrogen-bond acceptors (Lipinski definition) is 6. The molecular formula is C25H22BrN3O4S. The number of carbonyl (C=O) groups is 3. The standard InChI is InChI=1S/C25H22BrN3O4S/c26-18-5-3-15(4-6-18)10-19(25(32)29-8-7-21-23(29)20(30)14-33-21)28-24(31)17-11-16(12-27-13-17)22-2-1-9-34-22/h1-6,9,11-13,19,21,23H,7-8,10,14H2,(H,28,31).